The van der Waals surface area contributed by atoms with Crippen LogP contribution in [0.2, 0.25) is 0 Å². The maximum absolute atomic E-state index is 11.7. The second kappa shape index (κ2) is 7.42. The van der Waals surface area contributed by atoms with Crippen molar-refractivity contribution in [3.8, 4) is 0 Å². The highest BCUT2D eigenvalue weighted by Gasteiger charge is 2.29. The van der Waals surface area contributed by atoms with E-state index >= 15 is 0 Å². The van der Waals surface area contributed by atoms with E-state index in [1.165, 1.54) is 4.31 Å². The van der Waals surface area contributed by atoms with Gasteiger partial charge >= 0.3 is 0 Å². The van der Waals surface area contributed by atoms with Gasteiger partial charge in [-0.2, -0.15) is 4.31 Å². The van der Waals surface area contributed by atoms with Crippen LogP contribution in [0.1, 0.15) is 19.3 Å². The molecule has 0 aromatic carbocycles. The normalized spacial score (nSPS) is 26.6. The minimum atomic E-state index is -3.17. The minimum absolute atomic E-state index is 0. The molecular weight excluding hydrogens is 290 g/mol. The van der Waals surface area contributed by atoms with Crippen LogP contribution in [0.25, 0.3) is 0 Å². The van der Waals surface area contributed by atoms with Gasteiger partial charge < -0.3 is 10.6 Å². The van der Waals surface area contributed by atoms with E-state index in [4.69, 9.17) is 0 Å². The molecule has 2 N–H and O–H groups in total. The molecule has 2 aliphatic rings. The van der Waals surface area contributed by atoms with Crippen LogP contribution in [0, 0.1) is 5.92 Å². The highest BCUT2D eigenvalue weighted by atomic mass is 35.5. The van der Waals surface area contributed by atoms with Gasteiger partial charge in [0.1, 0.15) is 0 Å². The largest absolute Gasteiger partial charge is 0.355 e. The van der Waals surface area contributed by atoms with Gasteiger partial charge in [-0.05, 0) is 38.3 Å². The van der Waals surface area contributed by atoms with Crippen molar-refractivity contribution in [3.63, 3.8) is 0 Å². The third-order valence-electron chi connectivity index (χ3n) is 3.51. The Morgan fingerprint density at radius 3 is 2.74 bits per heavy atom. The first kappa shape index (κ1) is 16.7. The number of rotatable bonds is 4. The molecule has 0 aliphatic carbocycles. The molecule has 6 nitrogen and oxygen atoms in total. The van der Waals surface area contributed by atoms with E-state index in [0.717, 1.165) is 25.9 Å². The lowest BCUT2D eigenvalue weighted by atomic mass is 10.00. The Balaban J connectivity index is 0.00000180. The second-order valence-electron chi connectivity index (χ2n) is 5.02. The van der Waals surface area contributed by atoms with E-state index in [2.05, 4.69) is 10.6 Å². The summed E-state index contributed by atoms with van der Waals surface area (Å²) < 4.78 is 24.4. The van der Waals surface area contributed by atoms with Crippen molar-refractivity contribution in [1.29, 1.82) is 0 Å². The summed E-state index contributed by atoms with van der Waals surface area (Å²) in [4.78, 5) is 11.7. The smallest absolute Gasteiger partial charge is 0.235 e. The fourth-order valence-electron chi connectivity index (χ4n) is 2.44. The van der Waals surface area contributed by atoms with Gasteiger partial charge in [0.15, 0.2) is 0 Å². The maximum Gasteiger partial charge on any atom is 0.235 e. The summed E-state index contributed by atoms with van der Waals surface area (Å²) in [5.74, 6) is 0.455. The summed E-state index contributed by atoms with van der Waals surface area (Å²) in [5, 5.41) is 6.12. The zero-order valence-corrected chi connectivity index (χ0v) is 12.6. The lowest BCUT2D eigenvalue weighted by molar-refractivity contribution is -0.121. The zero-order chi connectivity index (χ0) is 13.0. The summed E-state index contributed by atoms with van der Waals surface area (Å²) in [7, 11) is -3.17. The number of halogens is 1. The minimum Gasteiger partial charge on any atom is -0.355 e. The molecule has 0 saturated carbocycles. The molecule has 112 valence electrons. The average Bonchev–Trinajstić information content (AvgIpc) is 2.68. The van der Waals surface area contributed by atoms with Crippen LogP contribution in [0.15, 0.2) is 0 Å². The van der Waals surface area contributed by atoms with E-state index in [-0.39, 0.29) is 30.6 Å². The molecule has 2 saturated heterocycles. The van der Waals surface area contributed by atoms with Crippen LogP contribution < -0.4 is 10.6 Å². The molecule has 1 atom stereocenters. The molecule has 0 radical (unpaired) electrons. The van der Waals surface area contributed by atoms with Gasteiger partial charge in [0.2, 0.25) is 15.9 Å². The van der Waals surface area contributed by atoms with Gasteiger partial charge in [0.25, 0.3) is 0 Å². The van der Waals surface area contributed by atoms with E-state index in [1.807, 2.05) is 0 Å². The number of nitrogens with one attached hydrogen (secondary N) is 2. The van der Waals surface area contributed by atoms with Gasteiger partial charge in [-0.3, -0.25) is 4.79 Å². The summed E-state index contributed by atoms with van der Waals surface area (Å²) in [6.07, 6.45) is 2.89. The molecular formula is C11H22ClN3O3S. The van der Waals surface area contributed by atoms with Crippen molar-refractivity contribution < 1.29 is 13.2 Å². The molecule has 0 aromatic heterocycles. The van der Waals surface area contributed by atoms with Crippen molar-refractivity contribution in [2.45, 2.75) is 19.3 Å². The molecule has 0 spiro atoms. The highest BCUT2D eigenvalue weighted by Crippen LogP contribution is 2.12. The third kappa shape index (κ3) is 4.91. The van der Waals surface area contributed by atoms with Gasteiger partial charge in [-0.15, -0.1) is 12.4 Å². The molecule has 0 bridgehead atoms. The number of nitrogens with zero attached hydrogens (tertiary/aromatic N) is 1. The lowest BCUT2D eigenvalue weighted by Gasteiger charge is -2.23. The summed E-state index contributed by atoms with van der Waals surface area (Å²) >= 11 is 0. The predicted molar refractivity (Wildman–Crippen MR) is 75.8 cm³/mol. The molecule has 1 unspecified atom stereocenters. The molecule has 2 rings (SSSR count). The number of carbonyl (C=O) groups excluding carboxylic acids is 1. The maximum atomic E-state index is 11.7. The van der Waals surface area contributed by atoms with Crippen molar-refractivity contribution >= 4 is 28.3 Å². The van der Waals surface area contributed by atoms with Gasteiger partial charge in [0, 0.05) is 13.1 Å². The number of amides is 1. The fraction of sp³-hybridized carbons (Fsp3) is 0.909. The summed E-state index contributed by atoms with van der Waals surface area (Å²) in [6, 6.07) is 0. The van der Waals surface area contributed by atoms with E-state index in [0.29, 0.717) is 25.4 Å². The van der Waals surface area contributed by atoms with Crippen molar-refractivity contribution in [1.82, 2.24) is 14.9 Å². The van der Waals surface area contributed by atoms with Crippen molar-refractivity contribution in [3.05, 3.63) is 0 Å². The zero-order valence-electron chi connectivity index (χ0n) is 10.9. The SMILES string of the molecule is Cl.O=C(CN1CCCS1(=O)=O)NCC1CCCNC1. The Bertz CT molecular complexity index is 396. The average molecular weight is 312 g/mol. The molecule has 2 fully saturated rings. The second-order valence-corrected chi connectivity index (χ2v) is 7.11. The highest BCUT2D eigenvalue weighted by molar-refractivity contribution is 7.89. The summed E-state index contributed by atoms with van der Waals surface area (Å²) in [5.41, 5.74) is 0. The van der Waals surface area contributed by atoms with Crippen LogP contribution in [0.5, 0.6) is 0 Å². The molecule has 8 heteroatoms. The van der Waals surface area contributed by atoms with Crippen LogP contribution >= 0.6 is 12.4 Å². The molecule has 0 aromatic rings. The first-order valence-corrected chi connectivity index (χ1v) is 8.14. The Morgan fingerprint density at radius 1 is 1.37 bits per heavy atom. The fourth-order valence-corrected chi connectivity index (χ4v) is 3.91. The van der Waals surface area contributed by atoms with E-state index < -0.39 is 10.0 Å². The number of piperidine rings is 1. The Morgan fingerprint density at radius 2 is 2.16 bits per heavy atom. The van der Waals surface area contributed by atoms with E-state index in [1.54, 1.807) is 0 Å². The standard InChI is InChI=1S/C11H21N3O3S.ClH/c15-11(9-14-5-2-6-18(14,16)17)13-8-10-3-1-4-12-7-10;/h10,12H,1-9H2,(H,13,15);1H. The van der Waals surface area contributed by atoms with Gasteiger partial charge in [0.05, 0.1) is 12.3 Å². The Kier molecular flexibility index (Phi) is 6.52. The quantitative estimate of drug-likeness (QED) is 0.738. The number of carbonyl (C=O) groups is 1. The number of sulfonamides is 1. The Hall–Kier alpha value is -0.370. The first-order valence-electron chi connectivity index (χ1n) is 6.53. The van der Waals surface area contributed by atoms with Gasteiger partial charge in [-0.1, -0.05) is 0 Å². The predicted octanol–water partition coefficient (Wildman–Crippen LogP) is -0.440. The number of hydrogen-bond donors (Lipinski definition) is 2. The van der Waals surface area contributed by atoms with E-state index in [9.17, 15) is 13.2 Å². The van der Waals surface area contributed by atoms with Crippen LogP contribution in [-0.4, -0.2) is 57.1 Å². The Labute approximate surface area is 120 Å². The molecule has 1 amide bonds. The van der Waals surface area contributed by atoms with Gasteiger partial charge in [-0.25, -0.2) is 8.42 Å². The molecule has 2 heterocycles. The van der Waals surface area contributed by atoms with Crippen molar-refractivity contribution in [2.24, 2.45) is 5.92 Å². The molecule has 2 aliphatic heterocycles. The number of hydrogen-bond acceptors (Lipinski definition) is 4. The van der Waals surface area contributed by atoms with Crippen molar-refractivity contribution in [2.75, 3.05) is 38.5 Å². The van der Waals surface area contributed by atoms with Crippen LogP contribution in [0.4, 0.5) is 0 Å². The lowest BCUT2D eigenvalue weighted by Crippen LogP contribution is -2.42. The monoisotopic (exact) mass is 311 g/mol. The third-order valence-corrected chi connectivity index (χ3v) is 5.41. The molecule has 19 heavy (non-hydrogen) atoms. The van der Waals surface area contributed by atoms with Crippen LogP contribution in [0.3, 0.4) is 0 Å². The summed E-state index contributed by atoms with van der Waals surface area (Å²) in [6.45, 7) is 3.07. The first-order chi connectivity index (χ1) is 8.58. The van der Waals surface area contributed by atoms with Crippen LogP contribution in [-0.2, 0) is 14.8 Å². The topological polar surface area (TPSA) is 78.5 Å².